The van der Waals surface area contributed by atoms with Crippen molar-refractivity contribution < 1.29 is 10.2 Å². The maximum atomic E-state index is 11.3. The van der Waals surface area contributed by atoms with Crippen LogP contribution in [-0.4, -0.2) is 32.2 Å². The summed E-state index contributed by atoms with van der Waals surface area (Å²) in [5.74, 6) is 2.78. The van der Waals surface area contributed by atoms with Gasteiger partial charge in [0.25, 0.3) is 0 Å². The second kappa shape index (κ2) is 6.43. The number of hydrogen-bond acceptors (Lipinski definition) is 3. The van der Waals surface area contributed by atoms with E-state index in [2.05, 4.69) is 25.0 Å². The molecular weight excluding hydrogens is 348 g/mol. The third-order valence-corrected chi connectivity index (χ3v) is 9.58. The summed E-state index contributed by atoms with van der Waals surface area (Å²) in [7, 11) is 1.94. The van der Waals surface area contributed by atoms with Gasteiger partial charge < -0.3 is 10.2 Å². The van der Waals surface area contributed by atoms with E-state index in [4.69, 9.17) is 0 Å². The molecule has 0 amide bonds. The van der Waals surface area contributed by atoms with Crippen molar-refractivity contribution >= 4 is 6.08 Å². The van der Waals surface area contributed by atoms with E-state index in [1.54, 1.807) is 0 Å². The molecule has 4 nitrogen and oxygen atoms in total. The molecule has 28 heavy (non-hydrogen) atoms. The molecule has 0 unspecified atom stereocenters. The second-order valence-electron chi connectivity index (χ2n) is 10.9. The molecule has 4 saturated carbocycles. The van der Waals surface area contributed by atoms with Crippen molar-refractivity contribution in [3.63, 3.8) is 0 Å². The molecule has 5 rings (SSSR count). The van der Waals surface area contributed by atoms with Crippen LogP contribution in [0.2, 0.25) is 0 Å². The summed E-state index contributed by atoms with van der Waals surface area (Å²) in [6.07, 6.45) is 14.9. The summed E-state index contributed by atoms with van der Waals surface area (Å²) in [6.45, 7) is 4.88. The zero-order valence-corrected chi connectivity index (χ0v) is 17.6. The molecule has 2 N–H and O–H groups in total. The van der Waals surface area contributed by atoms with E-state index in [-0.39, 0.29) is 17.6 Å². The fourth-order valence-corrected chi connectivity index (χ4v) is 7.96. The van der Waals surface area contributed by atoms with Crippen molar-refractivity contribution in [3.05, 3.63) is 23.5 Å². The second-order valence-corrected chi connectivity index (χ2v) is 10.9. The van der Waals surface area contributed by atoms with Gasteiger partial charge in [-0.3, -0.25) is 4.68 Å². The van der Waals surface area contributed by atoms with Crippen LogP contribution >= 0.6 is 0 Å². The zero-order chi connectivity index (χ0) is 19.7. The van der Waals surface area contributed by atoms with Crippen molar-refractivity contribution in [2.24, 2.45) is 41.5 Å². The van der Waals surface area contributed by atoms with E-state index in [0.29, 0.717) is 17.3 Å². The van der Waals surface area contributed by atoms with Gasteiger partial charge in [0.05, 0.1) is 18.4 Å². The molecule has 154 valence electrons. The summed E-state index contributed by atoms with van der Waals surface area (Å²) >= 11 is 0. The van der Waals surface area contributed by atoms with Crippen molar-refractivity contribution in [2.75, 3.05) is 0 Å². The largest absolute Gasteiger partial charge is 0.393 e. The Bertz CT molecular complexity index is 785. The van der Waals surface area contributed by atoms with E-state index in [1.807, 2.05) is 24.1 Å². The van der Waals surface area contributed by atoms with Gasteiger partial charge in [0.2, 0.25) is 0 Å². The van der Waals surface area contributed by atoms with E-state index in [0.717, 1.165) is 43.1 Å². The van der Waals surface area contributed by atoms with Gasteiger partial charge >= 0.3 is 0 Å². The summed E-state index contributed by atoms with van der Waals surface area (Å²) in [5.41, 5.74) is 2.73. The van der Waals surface area contributed by atoms with Gasteiger partial charge in [0.1, 0.15) is 0 Å². The minimum atomic E-state index is -0.322. The van der Waals surface area contributed by atoms with Gasteiger partial charge in [-0.15, -0.1) is 0 Å². The highest BCUT2D eigenvalue weighted by Gasteiger charge is 2.61. The Kier molecular flexibility index (Phi) is 4.34. The first-order chi connectivity index (χ1) is 13.3. The third kappa shape index (κ3) is 2.67. The molecule has 0 spiro atoms. The Labute approximate surface area is 169 Å². The minimum Gasteiger partial charge on any atom is -0.393 e. The Balaban J connectivity index is 1.44. The molecule has 4 heteroatoms. The van der Waals surface area contributed by atoms with E-state index in [9.17, 15) is 10.2 Å². The molecule has 4 aliphatic rings. The summed E-state index contributed by atoms with van der Waals surface area (Å²) in [5, 5.41) is 25.8. The van der Waals surface area contributed by atoms with Crippen molar-refractivity contribution in [2.45, 2.75) is 77.4 Å². The van der Waals surface area contributed by atoms with Crippen LogP contribution < -0.4 is 0 Å². The lowest BCUT2D eigenvalue weighted by molar-refractivity contribution is -0.133. The van der Waals surface area contributed by atoms with Crippen LogP contribution in [0.15, 0.2) is 18.0 Å². The normalized spacial score (nSPS) is 49.5. The highest BCUT2D eigenvalue weighted by atomic mass is 16.3. The van der Waals surface area contributed by atoms with Crippen molar-refractivity contribution in [3.8, 4) is 0 Å². The van der Waals surface area contributed by atoms with E-state index >= 15 is 0 Å². The average molecular weight is 385 g/mol. The molecule has 0 bridgehead atoms. The molecule has 1 aromatic rings. The van der Waals surface area contributed by atoms with Crippen LogP contribution in [0.4, 0.5) is 0 Å². The molecule has 4 aliphatic carbocycles. The molecule has 1 aromatic heterocycles. The summed E-state index contributed by atoms with van der Waals surface area (Å²) < 4.78 is 1.83. The van der Waals surface area contributed by atoms with Gasteiger partial charge in [-0.25, -0.2) is 0 Å². The van der Waals surface area contributed by atoms with Crippen LogP contribution in [0, 0.1) is 34.5 Å². The topological polar surface area (TPSA) is 58.3 Å². The molecule has 4 fully saturated rings. The van der Waals surface area contributed by atoms with Crippen molar-refractivity contribution in [1.82, 2.24) is 9.78 Å². The number of hydrogen-bond donors (Lipinski definition) is 2. The fourth-order valence-electron chi connectivity index (χ4n) is 7.96. The Morgan fingerprint density at radius 1 is 1.07 bits per heavy atom. The number of aliphatic hydroxyl groups is 2. The highest BCUT2D eigenvalue weighted by Crippen LogP contribution is 2.67. The number of aromatic nitrogens is 2. The smallest absolute Gasteiger partial charge is 0.0809 e. The first-order valence-electron chi connectivity index (χ1n) is 11.4. The van der Waals surface area contributed by atoms with Crippen LogP contribution in [0.1, 0.15) is 70.8 Å². The van der Waals surface area contributed by atoms with Gasteiger partial charge in [-0.05, 0) is 86.0 Å². The van der Waals surface area contributed by atoms with Gasteiger partial charge in [-0.1, -0.05) is 19.9 Å². The van der Waals surface area contributed by atoms with Crippen LogP contribution in [0.25, 0.3) is 6.08 Å². The molecule has 0 saturated heterocycles. The molecular formula is C24H36N2O2. The van der Waals surface area contributed by atoms with Crippen LogP contribution in [0.5, 0.6) is 0 Å². The Morgan fingerprint density at radius 3 is 2.61 bits per heavy atom. The number of rotatable bonds is 1. The lowest BCUT2D eigenvalue weighted by Crippen LogP contribution is -2.54. The molecule has 1 heterocycles. The maximum Gasteiger partial charge on any atom is 0.0809 e. The third-order valence-electron chi connectivity index (χ3n) is 9.58. The van der Waals surface area contributed by atoms with Crippen LogP contribution in [0.3, 0.4) is 0 Å². The van der Waals surface area contributed by atoms with Gasteiger partial charge in [0.15, 0.2) is 0 Å². The molecule has 8 atom stereocenters. The molecule has 0 aliphatic heterocycles. The Hall–Kier alpha value is -1.13. The number of fused-ring (bicyclic) bond motifs is 5. The quantitative estimate of drug-likeness (QED) is 0.764. The van der Waals surface area contributed by atoms with Crippen LogP contribution in [-0.2, 0) is 7.05 Å². The highest BCUT2D eigenvalue weighted by molar-refractivity contribution is 5.54. The maximum absolute atomic E-state index is 11.3. The predicted octanol–water partition coefficient (Wildman–Crippen LogP) is 4.18. The van der Waals surface area contributed by atoms with Gasteiger partial charge in [0, 0.05) is 24.2 Å². The summed E-state index contributed by atoms with van der Waals surface area (Å²) in [6, 6.07) is 0. The SMILES string of the molecule is Cn1cc(/C=C2\C[C@@H]3[C@H]4CC[C@H]5C[C@@H](O)CC[C@]5(C)[C@@H]4CC[C@]3(C)[C@H]2O)cn1. The standard InChI is InChI=1S/C24H36N2O2/c1-23-8-6-18(27)12-17(23)4-5-19-20(23)7-9-24(2)21(19)11-16(22(24)28)10-15-13-25-26(3)14-15/h10,13-14,17-22,27-28H,4-9,11-12H2,1-3H3/b16-10+/t17-,18-,19-,20+,21+,22-,23-,24-/m0/s1. The number of aryl methyl sites for hydroxylation is 1. The number of nitrogens with zero attached hydrogens (tertiary/aromatic N) is 2. The van der Waals surface area contributed by atoms with Crippen molar-refractivity contribution in [1.29, 1.82) is 0 Å². The van der Waals surface area contributed by atoms with E-state index < -0.39 is 0 Å². The zero-order valence-electron chi connectivity index (χ0n) is 17.6. The lowest BCUT2D eigenvalue weighted by Gasteiger charge is -2.60. The monoisotopic (exact) mass is 384 g/mol. The fraction of sp³-hybridized carbons (Fsp3) is 0.792. The molecule has 0 radical (unpaired) electrons. The first kappa shape index (κ1) is 18.9. The van der Waals surface area contributed by atoms with E-state index in [1.165, 1.54) is 31.3 Å². The summed E-state index contributed by atoms with van der Waals surface area (Å²) in [4.78, 5) is 0. The minimum absolute atomic E-state index is 0.0204. The Morgan fingerprint density at radius 2 is 1.86 bits per heavy atom. The predicted molar refractivity (Wildman–Crippen MR) is 110 cm³/mol. The lowest BCUT2D eigenvalue weighted by atomic mass is 9.45. The molecule has 0 aromatic carbocycles. The van der Waals surface area contributed by atoms with Gasteiger partial charge in [-0.2, -0.15) is 5.10 Å². The average Bonchev–Trinajstić information content (AvgIpc) is 3.18. The first-order valence-corrected chi connectivity index (χ1v) is 11.4. The number of aliphatic hydroxyl groups excluding tert-OH is 2.